The van der Waals surface area contributed by atoms with E-state index in [0.717, 1.165) is 32.1 Å². The maximum absolute atomic E-state index is 11.3. The minimum absolute atomic E-state index is 0.0356. The van der Waals surface area contributed by atoms with Gasteiger partial charge in [-0.1, -0.05) is 6.92 Å². The predicted molar refractivity (Wildman–Crippen MR) is 64.3 cm³/mol. The molecule has 0 saturated carbocycles. The third-order valence-electron chi connectivity index (χ3n) is 3.16. The third kappa shape index (κ3) is 4.49. The highest BCUT2D eigenvalue weighted by Crippen LogP contribution is 2.12. The summed E-state index contributed by atoms with van der Waals surface area (Å²) in [4.78, 5) is 13.5. The topological polar surface area (TPSA) is 41.6 Å². The van der Waals surface area contributed by atoms with Crippen molar-refractivity contribution in [2.24, 2.45) is 11.8 Å². The van der Waals surface area contributed by atoms with Gasteiger partial charge in [-0.05, 0) is 38.9 Å². The summed E-state index contributed by atoms with van der Waals surface area (Å²) in [5.41, 5.74) is 0. The lowest BCUT2D eigenvalue weighted by molar-refractivity contribution is -0.145. The molecule has 1 saturated heterocycles. The average molecular weight is 228 g/mol. The van der Waals surface area contributed by atoms with Gasteiger partial charge in [-0.15, -0.1) is 0 Å². The second-order valence-electron chi connectivity index (χ2n) is 4.86. The Hall–Kier alpha value is -0.610. The van der Waals surface area contributed by atoms with Crippen LogP contribution < -0.4 is 5.32 Å². The van der Waals surface area contributed by atoms with Crippen molar-refractivity contribution in [2.75, 3.05) is 40.3 Å². The van der Waals surface area contributed by atoms with Crippen LogP contribution in [0.5, 0.6) is 0 Å². The van der Waals surface area contributed by atoms with Gasteiger partial charge in [0.2, 0.25) is 0 Å². The van der Waals surface area contributed by atoms with Gasteiger partial charge in [0.05, 0.1) is 13.0 Å². The maximum Gasteiger partial charge on any atom is 0.309 e. The van der Waals surface area contributed by atoms with Crippen molar-refractivity contribution < 1.29 is 9.53 Å². The van der Waals surface area contributed by atoms with Crippen LogP contribution >= 0.6 is 0 Å². The lowest BCUT2D eigenvalue weighted by Crippen LogP contribution is -2.39. The first-order valence-electron chi connectivity index (χ1n) is 6.10. The van der Waals surface area contributed by atoms with Gasteiger partial charge in [-0.3, -0.25) is 4.79 Å². The second-order valence-corrected chi connectivity index (χ2v) is 4.86. The lowest BCUT2D eigenvalue weighted by atomic mass is 9.99. The molecule has 2 unspecified atom stereocenters. The number of esters is 1. The van der Waals surface area contributed by atoms with E-state index in [-0.39, 0.29) is 11.9 Å². The van der Waals surface area contributed by atoms with Crippen LogP contribution in [-0.4, -0.2) is 51.2 Å². The molecule has 1 fully saturated rings. The number of carbonyl (C=O) groups excluding carboxylic acids is 1. The van der Waals surface area contributed by atoms with Crippen molar-refractivity contribution in [3.8, 4) is 0 Å². The summed E-state index contributed by atoms with van der Waals surface area (Å²) in [6.07, 6.45) is 2.56. The highest BCUT2D eigenvalue weighted by Gasteiger charge is 2.19. The maximum atomic E-state index is 11.3. The van der Waals surface area contributed by atoms with Crippen LogP contribution in [0, 0.1) is 11.8 Å². The Morgan fingerprint density at radius 2 is 2.38 bits per heavy atom. The standard InChI is InChI=1S/C12H24N2O2/c1-10(12(15)16-3)8-14(2)9-11-5-4-6-13-7-11/h10-11,13H,4-9H2,1-3H3. The molecular formula is C12H24N2O2. The zero-order chi connectivity index (χ0) is 12.0. The number of carbonyl (C=O) groups is 1. The largest absolute Gasteiger partial charge is 0.469 e. The Labute approximate surface area is 98.3 Å². The van der Waals surface area contributed by atoms with E-state index in [0.29, 0.717) is 0 Å². The first-order chi connectivity index (χ1) is 7.63. The summed E-state index contributed by atoms with van der Waals surface area (Å²) in [5, 5.41) is 3.41. The van der Waals surface area contributed by atoms with Crippen LogP contribution in [0.3, 0.4) is 0 Å². The minimum Gasteiger partial charge on any atom is -0.469 e. The van der Waals surface area contributed by atoms with E-state index in [2.05, 4.69) is 17.3 Å². The number of ether oxygens (including phenoxy) is 1. The second kappa shape index (κ2) is 6.86. The van der Waals surface area contributed by atoms with Gasteiger partial charge >= 0.3 is 5.97 Å². The Morgan fingerprint density at radius 3 is 2.94 bits per heavy atom. The number of piperidine rings is 1. The van der Waals surface area contributed by atoms with Gasteiger partial charge in [0.15, 0.2) is 0 Å². The molecule has 0 aromatic rings. The molecule has 4 nitrogen and oxygen atoms in total. The predicted octanol–water partition coefficient (Wildman–Crippen LogP) is 0.727. The molecule has 4 heteroatoms. The molecule has 1 rings (SSSR count). The molecule has 0 aromatic heterocycles. The van der Waals surface area contributed by atoms with Gasteiger partial charge in [0.1, 0.15) is 0 Å². The van der Waals surface area contributed by atoms with Crippen molar-refractivity contribution in [1.82, 2.24) is 10.2 Å². The fourth-order valence-corrected chi connectivity index (χ4v) is 2.34. The van der Waals surface area contributed by atoms with Crippen molar-refractivity contribution in [3.63, 3.8) is 0 Å². The summed E-state index contributed by atoms with van der Waals surface area (Å²) in [7, 11) is 3.53. The summed E-state index contributed by atoms with van der Waals surface area (Å²) in [6.45, 7) is 6.02. The summed E-state index contributed by atoms with van der Waals surface area (Å²) < 4.78 is 4.72. The van der Waals surface area contributed by atoms with Gasteiger partial charge < -0.3 is 15.0 Å². The Bertz CT molecular complexity index is 215. The molecule has 16 heavy (non-hydrogen) atoms. The van der Waals surface area contributed by atoms with Crippen molar-refractivity contribution in [3.05, 3.63) is 0 Å². The zero-order valence-corrected chi connectivity index (χ0v) is 10.7. The van der Waals surface area contributed by atoms with E-state index in [1.54, 1.807) is 0 Å². The first kappa shape index (κ1) is 13.5. The molecule has 1 aliphatic heterocycles. The number of nitrogens with one attached hydrogen (secondary N) is 1. The van der Waals surface area contributed by atoms with E-state index in [1.807, 2.05) is 6.92 Å². The first-order valence-corrected chi connectivity index (χ1v) is 6.10. The van der Waals surface area contributed by atoms with Crippen molar-refractivity contribution in [2.45, 2.75) is 19.8 Å². The normalized spacial score (nSPS) is 23.1. The van der Waals surface area contributed by atoms with Gasteiger partial charge in [-0.25, -0.2) is 0 Å². The molecule has 1 aliphatic rings. The minimum atomic E-state index is -0.117. The molecule has 1 heterocycles. The van der Waals surface area contributed by atoms with E-state index < -0.39 is 0 Å². The zero-order valence-electron chi connectivity index (χ0n) is 10.7. The molecule has 1 N–H and O–H groups in total. The average Bonchev–Trinajstić information content (AvgIpc) is 2.29. The number of nitrogens with zero attached hydrogens (tertiary/aromatic N) is 1. The molecule has 0 spiro atoms. The third-order valence-corrected chi connectivity index (χ3v) is 3.16. The quantitative estimate of drug-likeness (QED) is 0.704. The molecule has 0 radical (unpaired) electrons. The Kier molecular flexibility index (Phi) is 5.77. The highest BCUT2D eigenvalue weighted by atomic mass is 16.5. The van der Waals surface area contributed by atoms with Crippen molar-refractivity contribution >= 4 is 5.97 Å². The number of methoxy groups -OCH3 is 1. The van der Waals surface area contributed by atoms with E-state index >= 15 is 0 Å². The SMILES string of the molecule is COC(=O)C(C)CN(C)CC1CCCNC1. The van der Waals surface area contributed by atoms with Crippen LogP contribution in [0.15, 0.2) is 0 Å². The van der Waals surface area contributed by atoms with Crippen LogP contribution in [-0.2, 0) is 9.53 Å². The molecule has 94 valence electrons. The van der Waals surface area contributed by atoms with E-state index in [4.69, 9.17) is 4.74 Å². The van der Waals surface area contributed by atoms with Crippen molar-refractivity contribution in [1.29, 1.82) is 0 Å². The fraction of sp³-hybridized carbons (Fsp3) is 0.917. The summed E-state index contributed by atoms with van der Waals surface area (Å²) in [6, 6.07) is 0. The molecular weight excluding hydrogens is 204 g/mol. The molecule has 0 aromatic carbocycles. The van der Waals surface area contributed by atoms with Gasteiger partial charge in [0.25, 0.3) is 0 Å². The Balaban J connectivity index is 2.23. The van der Waals surface area contributed by atoms with Crippen LogP contribution in [0.2, 0.25) is 0 Å². The van der Waals surface area contributed by atoms with Crippen LogP contribution in [0.25, 0.3) is 0 Å². The van der Waals surface area contributed by atoms with E-state index in [9.17, 15) is 4.79 Å². The highest BCUT2D eigenvalue weighted by molar-refractivity contribution is 5.71. The molecule has 2 atom stereocenters. The molecule has 0 bridgehead atoms. The monoisotopic (exact) mass is 228 g/mol. The number of rotatable bonds is 5. The smallest absolute Gasteiger partial charge is 0.309 e. The van der Waals surface area contributed by atoms with Crippen LogP contribution in [0.1, 0.15) is 19.8 Å². The molecule has 0 aliphatic carbocycles. The van der Waals surface area contributed by atoms with E-state index in [1.165, 1.54) is 20.0 Å². The fourth-order valence-electron chi connectivity index (χ4n) is 2.34. The van der Waals surface area contributed by atoms with Gasteiger partial charge in [0, 0.05) is 13.1 Å². The van der Waals surface area contributed by atoms with Gasteiger partial charge in [-0.2, -0.15) is 0 Å². The summed E-state index contributed by atoms with van der Waals surface area (Å²) >= 11 is 0. The number of hydrogen-bond acceptors (Lipinski definition) is 4. The number of hydrogen-bond donors (Lipinski definition) is 1. The Morgan fingerprint density at radius 1 is 1.62 bits per heavy atom. The lowest BCUT2D eigenvalue weighted by Gasteiger charge is -2.28. The van der Waals surface area contributed by atoms with Crippen LogP contribution in [0.4, 0.5) is 0 Å². The molecule has 0 amide bonds. The summed E-state index contributed by atoms with van der Waals surface area (Å²) in [5.74, 6) is 0.573.